The zero-order valence-electron chi connectivity index (χ0n) is 15.3. The van der Waals surface area contributed by atoms with Gasteiger partial charge in [-0.25, -0.2) is 8.42 Å². The number of benzene rings is 2. The molecule has 8 heteroatoms. The Labute approximate surface area is 179 Å². The molecule has 0 aliphatic carbocycles. The van der Waals surface area contributed by atoms with Crippen LogP contribution in [0.15, 0.2) is 57.9 Å². The molecule has 28 heavy (non-hydrogen) atoms. The molecule has 0 aromatic heterocycles. The maximum absolute atomic E-state index is 12.9. The minimum Gasteiger partial charge on any atom is -0.355 e. The molecule has 0 radical (unpaired) electrons. The number of carbonyl (C=O) groups is 1. The lowest BCUT2D eigenvalue weighted by molar-refractivity contribution is -0.126. The summed E-state index contributed by atoms with van der Waals surface area (Å²) in [6, 6.07) is 14.1. The van der Waals surface area contributed by atoms with Crippen LogP contribution in [0.1, 0.15) is 18.4 Å². The second-order valence-corrected chi connectivity index (χ2v) is 10.1. The van der Waals surface area contributed by atoms with Gasteiger partial charge in [0.25, 0.3) is 0 Å². The average Bonchev–Trinajstić information content (AvgIpc) is 2.68. The molecule has 1 amide bonds. The first-order valence-corrected chi connectivity index (χ1v) is 11.8. The van der Waals surface area contributed by atoms with E-state index < -0.39 is 10.0 Å². The molecule has 0 unspecified atom stereocenters. The van der Waals surface area contributed by atoms with Gasteiger partial charge < -0.3 is 5.32 Å². The first kappa shape index (κ1) is 21.3. The van der Waals surface area contributed by atoms with Crippen LogP contribution in [-0.2, 0) is 21.2 Å². The van der Waals surface area contributed by atoms with Gasteiger partial charge in [-0.2, -0.15) is 4.31 Å². The second kappa shape index (κ2) is 9.39. The highest BCUT2D eigenvalue weighted by atomic mass is 79.9. The third-order valence-electron chi connectivity index (χ3n) is 4.81. The van der Waals surface area contributed by atoms with Crippen molar-refractivity contribution in [2.75, 3.05) is 19.6 Å². The van der Waals surface area contributed by atoms with Gasteiger partial charge in [-0.15, -0.1) is 0 Å². The van der Waals surface area contributed by atoms with Gasteiger partial charge in [0.2, 0.25) is 15.9 Å². The minimum atomic E-state index is -3.60. The van der Waals surface area contributed by atoms with E-state index in [4.69, 9.17) is 11.6 Å². The predicted octanol–water partition coefficient (Wildman–Crippen LogP) is 3.86. The number of hydrogen-bond donors (Lipinski definition) is 1. The van der Waals surface area contributed by atoms with E-state index >= 15 is 0 Å². The maximum Gasteiger partial charge on any atom is 0.243 e. The summed E-state index contributed by atoms with van der Waals surface area (Å²) in [7, 11) is -3.60. The zero-order valence-corrected chi connectivity index (χ0v) is 18.4. The van der Waals surface area contributed by atoms with Gasteiger partial charge in [-0.05, 0) is 61.2 Å². The van der Waals surface area contributed by atoms with E-state index in [0.717, 1.165) is 10.0 Å². The number of carbonyl (C=O) groups excluding carboxylic acids is 1. The van der Waals surface area contributed by atoms with E-state index in [0.29, 0.717) is 37.4 Å². The molecule has 5 nitrogen and oxygen atoms in total. The van der Waals surface area contributed by atoms with E-state index in [1.807, 2.05) is 24.3 Å². The zero-order chi connectivity index (χ0) is 20.1. The molecule has 150 valence electrons. The fourth-order valence-electron chi connectivity index (χ4n) is 3.30. The number of piperidine rings is 1. The van der Waals surface area contributed by atoms with Crippen LogP contribution in [0.2, 0.25) is 5.02 Å². The molecular formula is C20H22BrClN2O3S. The van der Waals surface area contributed by atoms with Crippen molar-refractivity contribution in [2.24, 2.45) is 5.92 Å². The number of halogens is 2. The Hall–Kier alpha value is -1.41. The lowest BCUT2D eigenvalue weighted by atomic mass is 9.99. The summed E-state index contributed by atoms with van der Waals surface area (Å²) in [5.41, 5.74) is 1.05. The highest BCUT2D eigenvalue weighted by molar-refractivity contribution is 9.10. The van der Waals surface area contributed by atoms with Gasteiger partial charge >= 0.3 is 0 Å². The normalized spacial score (nSPS) is 18.0. The van der Waals surface area contributed by atoms with Crippen molar-refractivity contribution in [1.29, 1.82) is 0 Å². The Morgan fingerprint density at radius 3 is 2.68 bits per heavy atom. The van der Waals surface area contributed by atoms with Gasteiger partial charge in [0.15, 0.2) is 0 Å². The van der Waals surface area contributed by atoms with Gasteiger partial charge in [0.1, 0.15) is 0 Å². The summed E-state index contributed by atoms with van der Waals surface area (Å²) in [4.78, 5) is 12.8. The molecule has 0 bridgehead atoms. The predicted molar refractivity (Wildman–Crippen MR) is 114 cm³/mol. The van der Waals surface area contributed by atoms with Crippen molar-refractivity contribution >= 4 is 43.5 Å². The smallest absolute Gasteiger partial charge is 0.243 e. The van der Waals surface area contributed by atoms with Crippen molar-refractivity contribution in [3.63, 3.8) is 0 Å². The van der Waals surface area contributed by atoms with Crippen LogP contribution in [0.5, 0.6) is 0 Å². The van der Waals surface area contributed by atoms with Gasteiger partial charge in [-0.3, -0.25) is 4.79 Å². The number of nitrogens with one attached hydrogen (secondary N) is 1. The summed E-state index contributed by atoms with van der Waals surface area (Å²) < 4.78 is 28.0. The molecule has 1 N–H and O–H groups in total. The van der Waals surface area contributed by atoms with Crippen LogP contribution < -0.4 is 5.32 Å². The molecule has 1 aliphatic rings. The number of amides is 1. The molecule has 0 saturated carbocycles. The number of rotatable bonds is 6. The summed E-state index contributed by atoms with van der Waals surface area (Å²) in [5, 5.41) is 3.60. The molecule has 0 spiro atoms. The van der Waals surface area contributed by atoms with Crippen molar-refractivity contribution in [3.8, 4) is 0 Å². The summed E-state index contributed by atoms with van der Waals surface area (Å²) in [6.45, 7) is 1.14. The topological polar surface area (TPSA) is 66.5 Å². The third kappa shape index (κ3) is 5.35. The van der Waals surface area contributed by atoms with E-state index in [-0.39, 0.29) is 23.3 Å². The standard InChI is InChI=1S/C20H22BrClN2O3S/c21-17-6-8-19(9-7-17)28(26,27)24-12-2-4-16(14-24)20(25)23-11-10-15-3-1-5-18(22)13-15/h1,3,5-9,13,16H,2,4,10-12,14H2,(H,23,25)/t16-/m0/s1. The Kier molecular flexibility index (Phi) is 7.15. The average molecular weight is 486 g/mol. The molecular weight excluding hydrogens is 464 g/mol. The molecule has 1 atom stereocenters. The van der Waals surface area contributed by atoms with Crippen molar-refractivity contribution < 1.29 is 13.2 Å². The van der Waals surface area contributed by atoms with Gasteiger partial charge in [0.05, 0.1) is 10.8 Å². The fraction of sp³-hybridized carbons (Fsp3) is 0.350. The largest absolute Gasteiger partial charge is 0.355 e. The Morgan fingerprint density at radius 2 is 1.96 bits per heavy atom. The van der Waals surface area contributed by atoms with Crippen LogP contribution in [0.4, 0.5) is 0 Å². The SMILES string of the molecule is O=C(NCCc1cccc(Cl)c1)[C@H]1CCCN(S(=O)(=O)c2ccc(Br)cc2)C1. The van der Waals surface area contributed by atoms with Crippen LogP contribution in [0.3, 0.4) is 0 Å². The maximum atomic E-state index is 12.9. The minimum absolute atomic E-state index is 0.0993. The monoisotopic (exact) mass is 484 g/mol. The van der Waals surface area contributed by atoms with Crippen molar-refractivity contribution in [3.05, 3.63) is 63.6 Å². The number of nitrogens with zero attached hydrogens (tertiary/aromatic N) is 1. The molecule has 2 aromatic carbocycles. The first-order chi connectivity index (χ1) is 13.4. The quantitative estimate of drug-likeness (QED) is 0.675. The van der Waals surface area contributed by atoms with Crippen LogP contribution in [0, 0.1) is 5.92 Å². The van der Waals surface area contributed by atoms with Gasteiger partial charge in [0, 0.05) is 29.1 Å². The Morgan fingerprint density at radius 1 is 1.21 bits per heavy atom. The van der Waals surface area contributed by atoms with Crippen LogP contribution in [-0.4, -0.2) is 38.3 Å². The number of sulfonamides is 1. The third-order valence-corrected chi connectivity index (χ3v) is 7.45. The second-order valence-electron chi connectivity index (χ2n) is 6.83. The Bertz CT molecular complexity index is 935. The fourth-order valence-corrected chi connectivity index (χ4v) is 5.30. The summed E-state index contributed by atoms with van der Waals surface area (Å²) in [5.74, 6) is -0.434. The molecule has 1 heterocycles. The van der Waals surface area contributed by atoms with Crippen LogP contribution in [0.25, 0.3) is 0 Å². The lowest BCUT2D eigenvalue weighted by Crippen LogP contribution is -2.45. The molecule has 1 fully saturated rings. The summed E-state index contributed by atoms with van der Waals surface area (Å²) >= 11 is 9.29. The van der Waals surface area contributed by atoms with E-state index in [1.54, 1.807) is 24.3 Å². The Balaban J connectivity index is 1.57. The van der Waals surface area contributed by atoms with E-state index in [2.05, 4.69) is 21.2 Å². The lowest BCUT2D eigenvalue weighted by Gasteiger charge is -2.31. The molecule has 3 rings (SSSR count). The van der Waals surface area contributed by atoms with Gasteiger partial charge in [-0.1, -0.05) is 39.7 Å². The van der Waals surface area contributed by atoms with E-state index in [9.17, 15) is 13.2 Å². The van der Waals surface area contributed by atoms with Crippen LogP contribution >= 0.6 is 27.5 Å². The molecule has 2 aromatic rings. The summed E-state index contributed by atoms with van der Waals surface area (Å²) in [6.07, 6.45) is 2.04. The molecule has 1 aliphatic heterocycles. The number of hydrogen-bond acceptors (Lipinski definition) is 3. The van der Waals surface area contributed by atoms with Crippen molar-refractivity contribution in [2.45, 2.75) is 24.2 Å². The van der Waals surface area contributed by atoms with Crippen molar-refractivity contribution in [1.82, 2.24) is 9.62 Å². The van der Waals surface area contributed by atoms with E-state index in [1.165, 1.54) is 4.31 Å². The molecule has 1 saturated heterocycles. The highest BCUT2D eigenvalue weighted by Crippen LogP contribution is 2.25. The first-order valence-electron chi connectivity index (χ1n) is 9.14. The highest BCUT2D eigenvalue weighted by Gasteiger charge is 2.33.